The van der Waals surface area contributed by atoms with Crippen LogP contribution in [0.4, 0.5) is 5.69 Å². The van der Waals surface area contributed by atoms with Gasteiger partial charge in [-0.15, -0.1) is 0 Å². The Balaban J connectivity index is 1.97. The summed E-state index contributed by atoms with van der Waals surface area (Å²) in [7, 11) is 3.14. The van der Waals surface area contributed by atoms with Gasteiger partial charge in [-0.1, -0.05) is 25.1 Å². The molecule has 7 nitrogen and oxygen atoms in total. The average molecular weight is 378 g/mol. The largest absolute Gasteiger partial charge is 0.481 e. The van der Waals surface area contributed by atoms with Crippen LogP contribution in [-0.4, -0.2) is 41.9 Å². The van der Waals surface area contributed by atoms with E-state index in [1.54, 1.807) is 20.3 Å². The SMILES string of the molecule is CCN1Cc2nc3c(-c4ccc(OC)nc4OC)cccc3c(N)c2C1C=O. The fourth-order valence-corrected chi connectivity index (χ4v) is 3.88. The minimum atomic E-state index is -0.349. The molecule has 0 amide bonds. The van der Waals surface area contributed by atoms with Crippen molar-refractivity contribution >= 4 is 22.9 Å². The third-order valence-corrected chi connectivity index (χ3v) is 5.28. The number of hydrogen-bond acceptors (Lipinski definition) is 7. The van der Waals surface area contributed by atoms with Crippen LogP contribution >= 0.6 is 0 Å². The molecule has 1 aliphatic heterocycles. The molecule has 28 heavy (non-hydrogen) atoms. The average Bonchev–Trinajstić information content (AvgIpc) is 3.11. The van der Waals surface area contributed by atoms with Gasteiger partial charge in [0.05, 0.1) is 31.5 Å². The fourth-order valence-electron chi connectivity index (χ4n) is 3.88. The molecule has 144 valence electrons. The van der Waals surface area contributed by atoms with Crippen LogP contribution in [0.1, 0.15) is 24.2 Å². The summed E-state index contributed by atoms with van der Waals surface area (Å²) in [5, 5.41) is 0.818. The van der Waals surface area contributed by atoms with Gasteiger partial charge < -0.3 is 20.0 Å². The summed E-state index contributed by atoms with van der Waals surface area (Å²) in [5.74, 6) is 0.926. The van der Waals surface area contributed by atoms with E-state index in [-0.39, 0.29) is 6.04 Å². The molecule has 0 bridgehead atoms. The number of fused-ring (bicyclic) bond motifs is 2. The molecule has 1 unspecified atom stereocenters. The third kappa shape index (κ3) is 2.66. The molecular formula is C21H22N4O3. The van der Waals surface area contributed by atoms with Crippen molar-refractivity contribution in [3.05, 3.63) is 41.6 Å². The van der Waals surface area contributed by atoms with Crippen LogP contribution in [0.2, 0.25) is 0 Å². The third-order valence-electron chi connectivity index (χ3n) is 5.28. The van der Waals surface area contributed by atoms with Crippen LogP contribution in [0.3, 0.4) is 0 Å². The van der Waals surface area contributed by atoms with Crippen molar-refractivity contribution in [2.75, 3.05) is 26.5 Å². The molecule has 0 saturated carbocycles. The molecule has 2 N–H and O–H groups in total. The molecule has 3 heterocycles. The van der Waals surface area contributed by atoms with Crippen LogP contribution < -0.4 is 15.2 Å². The molecule has 4 rings (SSSR count). The number of anilines is 1. The first-order chi connectivity index (χ1) is 13.6. The normalized spacial score (nSPS) is 16.2. The maximum absolute atomic E-state index is 11.7. The first kappa shape index (κ1) is 18.2. The van der Waals surface area contributed by atoms with Gasteiger partial charge in [-0.05, 0) is 12.6 Å². The van der Waals surface area contributed by atoms with Crippen molar-refractivity contribution in [2.45, 2.75) is 19.5 Å². The molecule has 7 heteroatoms. The number of nitrogens with zero attached hydrogens (tertiary/aromatic N) is 3. The van der Waals surface area contributed by atoms with E-state index in [9.17, 15) is 4.79 Å². The van der Waals surface area contributed by atoms with Gasteiger partial charge in [0.25, 0.3) is 0 Å². The highest BCUT2D eigenvalue weighted by atomic mass is 16.5. The molecule has 3 aromatic rings. The number of carbonyl (C=O) groups is 1. The van der Waals surface area contributed by atoms with E-state index in [4.69, 9.17) is 20.2 Å². The van der Waals surface area contributed by atoms with Crippen molar-refractivity contribution in [1.82, 2.24) is 14.9 Å². The highest BCUT2D eigenvalue weighted by Crippen LogP contribution is 2.42. The number of nitrogen functional groups attached to an aromatic ring is 1. The highest BCUT2D eigenvalue weighted by molar-refractivity contribution is 6.02. The number of aromatic nitrogens is 2. The van der Waals surface area contributed by atoms with Crippen molar-refractivity contribution in [3.63, 3.8) is 0 Å². The number of para-hydroxylation sites is 1. The van der Waals surface area contributed by atoms with Gasteiger partial charge in [-0.2, -0.15) is 4.98 Å². The number of ether oxygens (including phenoxy) is 2. The molecular weight excluding hydrogens is 356 g/mol. The molecule has 1 aromatic carbocycles. The van der Waals surface area contributed by atoms with Gasteiger partial charge in [0.2, 0.25) is 11.8 Å². The van der Waals surface area contributed by atoms with Gasteiger partial charge in [-0.3, -0.25) is 9.88 Å². The highest BCUT2D eigenvalue weighted by Gasteiger charge is 2.33. The number of aldehydes is 1. The topological polar surface area (TPSA) is 90.6 Å². The van der Waals surface area contributed by atoms with Gasteiger partial charge in [0.15, 0.2) is 0 Å². The maximum Gasteiger partial charge on any atom is 0.224 e. The summed E-state index contributed by atoms with van der Waals surface area (Å²) in [6.07, 6.45) is 0.944. The van der Waals surface area contributed by atoms with Crippen LogP contribution in [0.15, 0.2) is 30.3 Å². The van der Waals surface area contributed by atoms with E-state index in [2.05, 4.69) is 9.88 Å². The lowest BCUT2D eigenvalue weighted by Gasteiger charge is -2.18. The Morgan fingerprint density at radius 1 is 1.18 bits per heavy atom. The van der Waals surface area contributed by atoms with E-state index in [0.717, 1.165) is 46.1 Å². The molecule has 2 aromatic heterocycles. The second kappa shape index (κ2) is 7.09. The van der Waals surface area contributed by atoms with Gasteiger partial charge in [-0.25, -0.2) is 0 Å². The van der Waals surface area contributed by atoms with Crippen LogP contribution in [0, 0.1) is 0 Å². The molecule has 0 fully saturated rings. The van der Waals surface area contributed by atoms with Gasteiger partial charge in [0.1, 0.15) is 6.29 Å². The zero-order chi connectivity index (χ0) is 19.8. The Kier molecular flexibility index (Phi) is 4.60. The Hall–Kier alpha value is -3.19. The zero-order valence-electron chi connectivity index (χ0n) is 16.1. The molecule has 0 aliphatic carbocycles. The van der Waals surface area contributed by atoms with E-state index in [1.165, 1.54) is 0 Å². The lowest BCUT2D eigenvalue weighted by atomic mass is 9.98. The Bertz CT molecular complexity index is 1070. The van der Waals surface area contributed by atoms with Crippen molar-refractivity contribution in [2.24, 2.45) is 0 Å². The standard InChI is InChI=1S/C21H22N4O3/c1-4-25-10-15-18(16(25)11-26)19(22)14-7-5-6-12(20(14)23-15)13-8-9-17(27-2)24-21(13)28-3/h5-9,11,16H,4,10H2,1-3H3,(H2,22,23). The second-order valence-corrected chi connectivity index (χ2v) is 6.64. The Labute approximate surface area is 163 Å². The zero-order valence-corrected chi connectivity index (χ0v) is 16.1. The molecule has 0 radical (unpaired) electrons. The van der Waals surface area contributed by atoms with Crippen molar-refractivity contribution in [3.8, 4) is 22.9 Å². The minimum absolute atomic E-state index is 0.349. The summed E-state index contributed by atoms with van der Waals surface area (Å²) in [4.78, 5) is 23.1. The maximum atomic E-state index is 11.7. The monoisotopic (exact) mass is 378 g/mol. The van der Waals surface area contributed by atoms with Crippen molar-refractivity contribution in [1.29, 1.82) is 0 Å². The number of benzene rings is 1. The number of likely N-dealkylation sites (N-methyl/N-ethyl adjacent to an activating group) is 1. The number of pyridine rings is 2. The number of carbonyl (C=O) groups excluding carboxylic acids is 1. The van der Waals surface area contributed by atoms with Crippen LogP contribution in [0.25, 0.3) is 22.0 Å². The summed E-state index contributed by atoms with van der Waals surface area (Å²) in [6, 6.07) is 9.16. The van der Waals surface area contributed by atoms with E-state index in [0.29, 0.717) is 24.0 Å². The lowest BCUT2D eigenvalue weighted by Crippen LogP contribution is -2.22. The fraction of sp³-hybridized carbons (Fsp3) is 0.286. The number of hydrogen-bond donors (Lipinski definition) is 1. The lowest BCUT2D eigenvalue weighted by molar-refractivity contribution is -0.112. The van der Waals surface area contributed by atoms with Crippen LogP contribution in [0.5, 0.6) is 11.8 Å². The molecule has 1 aliphatic rings. The summed E-state index contributed by atoms with van der Waals surface area (Å²) >= 11 is 0. The molecule has 0 spiro atoms. The predicted molar refractivity (Wildman–Crippen MR) is 107 cm³/mol. The summed E-state index contributed by atoms with van der Waals surface area (Å²) in [5.41, 5.74) is 11.2. The van der Waals surface area contributed by atoms with Crippen LogP contribution in [-0.2, 0) is 11.3 Å². The second-order valence-electron chi connectivity index (χ2n) is 6.64. The smallest absolute Gasteiger partial charge is 0.224 e. The predicted octanol–water partition coefficient (Wildman–Crippen LogP) is 2.97. The van der Waals surface area contributed by atoms with Gasteiger partial charge in [0, 0.05) is 40.4 Å². The van der Waals surface area contributed by atoms with Gasteiger partial charge >= 0.3 is 0 Å². The van der Waals surface area contributed by atoms with Crippen molar-refractivity contribution < 1.29 is 14.3 Å². The summed E-state index contributed by atoms with van der Waals surface area (Å²) in [6.45, 7) is 3.37. The Morgan fingerprint density at radius 2 is 2.00 bits per heavy atom. The first-order valence-corrected chi connectivity index (χ1v) is 9.12. The summed E-state index contributed by atoms with van der Waals surface area (Å²) < 4.78 is 10.7. The molecule has 0 saturated heterocycles. The van der Waals surface area contributed by atoms with E-state index >= 15 is 0 Å². The number of rotatable bonds is 5. The van der Waals surface area contributed by atoms with E-state index in [1.807, 2.05) is 31.2 Å². The number of methoxy groups -OCH3 is 2. The number of nitrogens with two attached hydrogens (primary N) is 1. The molecule has 1 atom stereocenters. The minimum Gasteiger partial charge on any atom is -0.481 e. The quantitative estimate of drug-likeness (QED) is 0.683. The first-order valence-electron chi connectivity index (χ1n) is 9.12. The van der Waals surface area contributed by atoms with E-state index < -0.39 is 0 Å². The Morgan fingerprint density at radius 3 is 2.68 bits per heavy atom.